The Balaban J connectivity index is 2.10. The monoisotopic (exact) mass is 328 g/mol. The van der Waals surface area contributed by atoms with Gasteiger partial charge >= 0.3 is 0 Å². The van der Waals surface area contributed by atoms with Gasteiger partial charge in [0.25, 0.3) is 5.91 Å². The number of benzene rings is 2. The quantitative estimate of drug-likeness (QED) is 0.885. The maximum absolute atomic E-state index is 14.0. The van der Waals surface area contributed by atoms with Gasteiger partial charge in [-0.3, -0.25) is 4.79 Å². The van der Waals surface area contributed by atoms with Crippen LogP contribution in [-0.2, 0) is 16.1 Å². The van der Waals surface area contributed by atoms with Gasteiger partial charge in [0.05, 0.1) is 18.7 Å². The zero-order valence-electron chi connectivity index (χ0n) is 13.4. The van der Waals surface area contributed by atoms with Crippen molar-refractivity contribution in [1.29, 1.82) is 5.26 Å². The van der Waals surface area contributed by atoms with Crippen LogP contribution in [0.1, 0.15) is 22.8 Å². The van der Waals surface area contributed by atoms with E-state index in [1.165, 1.54) is 32.4 Å². The predicted molar refractivity (Wildman–Crippen MR) is 85.7 cm³/mol. The van der Waals surface area contributed by atoms with Crippen molar-refractivity contribution in [3.8, 4) is 11.8 Å². The molecule has 0 aliphatic carbocycles. The first-order valence-corrected chi connectivity index (χ1v) is 7.22. The number of hydrogen-bond donors (Lipinski definition) is 1. The number of carbonyl (C=O) groups is 1. The molecule has 0 fully saturated rings. The molecule has 0 radical (unpaired) electrons. The van der Waals surface area contributed by atoms with Gasteiger partial charge in [0.2, 0.25) is 0 Å². The number of halogens is 1. The normalized spacial score (nSPS) is 11.4. The molecule has 1 atom stereocenters. The van der Waals surface area contributed by atoms with E-state index in [4.69, 9.17) is 14.7 Å². The fourth-order valence-corrected chi connectivity index (χ4v) is 2.20. The number of hydrogen-bond acceptors (Lipinski definition) is 4. The smallest absolute Gasteiger partial charge is 0.254 e. The Hall–Kier alpha value is -2.91. The highest BCUT2D eigenvalue weighted by Crippen LogP contribution is 2.25. The van der Waals surface area contributed by atoms with Crippen LogP contribution in [0.2, 0.25) is 0 Å². The van der Waals surface area contributed by atoms with E-state index in [0.29, 0.717) is 11.3 Å². The third-order valence-corrected chi connectivity index (χ3v) is 3.51. The zero-order chi connectivity index (χ0) is 17.5. The van der Waals surface area contributed by atoms with Crippen molar-refractivity contribution in [2.45, 2.75) is 12.6 Å². The molecule has 2 aromatic carbocycles. The zero-order valence-corrected chi connectivity index (χ0v) is 13.4. The van der Waals surface area contributed by atoms with E-state index in [1.54, 1.807) is 24.3 Å². The van der Waals surface area contributed by atoms with Crippen molar-refractivity contribution in [2.75, 3.05) is 14.2 Å². The molecule has 5 nitrogen and oxygen atoms in total. The highest BCUT2D eigenvalue weighted by atomic mass is 19.1. The number of rotatable bonds is 6. The minimum atomic E-state index is -1.08. The van der Waals surface area contributed by atoms with Gasteiger partial charge in [-0.25, -0.2) is 4.39 Å². The van der Waals surface area contributed by atoms with E-state index in [2.05, 4.69) is 5.32 Å². The summed E-state index contributed by atoms with van der Waals surface area (Å²) in [4.78, 5) is 12.3. The number of amides is 1. The van der Waals surface area contributed by atoms with Crippen molar-refractivity contribution in [1.82, 2.24) is 5.32 Å². The summed E-state index contributed by atoms with van der Waals surface area (Å²) in [5.74, 6) is -0.571. The second kappa shape index (κ2) is 8.09. The van der Waals surface area contributed by atoms with Crippen LogP contribution in [0.3, 0.4) is 0 Å². The summed E-state index contributed by atoms with van der Waals surface area (Å²) in [5.41, 5.74) is 1.47. The Bertz CT molecular complexity index is 754. The molecule has 1 amide bonds. The van der Waals surface area contributed by atoms with Crippen molar-refractivity contribution >= 4 is 5.91 Å². The number of nitrogens with zero attached hydrogens (tertiary/aromatic N) is 1. The fraction of sp³-hybridized carbons (Fsp3) is 0.222. The van der Waals surface area contributed by atoms with E-state index < -0.39 is 17.8 Å². The molecule has 0 heterocycles. The van der Waals surface area contributed by atoms with Crippen LogP contribution in [0.5, 0.6) is 5.75 Å². The molecule has 0 bridgehead atoms. The number of carbonyl (C=O) groups excluding carboxylic acids is 1. The van der Waals surface area contributed by atoms with E-state index in [-0.39, 0.29) is 12.1 Å². The summed E-state index contributed by atoms with van der Waals surface area (Å²) in [6.07, 6.45) is -1.08. The van der Waals surface area contributed by atoms with Crippen LogP contribution in [0.15, 0.2) is 42.5 Å². The van der Waals surface area contributed by atoms with E-state index in [1.807, 2.05) is 6.07 Å². The maximum atomic E-state index is 14.0. The van der Waals surface area contributed by atoms with Gasteiger partial charge in [0.15, 0.2) is 6.10 Å². The summed E-state index contributed by atoms with van der Waals surface area (Å²) in [6, 6.07) is 13.0. The van der Waals surface area contributed by atoms with Gasteiger partial charge in [-0.2, -0.15) is 5.26 Å². The molecule has 0 aliphatic rings. The fourth-order valence-electron chi connectivity index (χ4n) is 2.20. The van der Waals surface area contributed by atoms with Crippen molar-refractivity contribution < 1.29 is 18.7 Å². The number of nitriles is 1. The lowest BCUT2D eigenvalue weighted by molar-refractivity contribution is -0.131. The van der Waals surface area contributed by atoms with Gasteiger partial charge in [0.1, 0.15) is 11.6 Å². The van der Waals surface area contributed by atoms with Gasteiger partial charge in [-0.1, -0.05) is 12.1 Å². The SMILES string of the molecule is COc1ccc(F)c(C(OC)C(=O)NCc2ccc(C#N)cc2)c1. The largest absolute Gasteiger partial charge is 0.497 e. The summed E-state index contributed by atoms with van der Waals surface area (Å²) >= 11 is 0. The Kier molecular flexibility index (Phi) is 5.88. The van der Waals surface area contributed by atoms with Gasteiger partial charge < -0.3 is 14.8 Å². The lowest BCUT2D eigenvalue weighted by Crippen LogP contribution is -2.30. The Morgan fingerprint density at radius 3 is 2.54 bits per heavy atom. The van der Waals surface area contributed by atoms with Crippen LogP contribution >= 0.6 is 0 Å². The standard InChI is InChI=1S/C18H17FN2O3/c1-23-14-7-8-16(19)15(9-14)17(24-2)18(22)21-11-13-5-3-12(10-20)4-6-13/h3-9,17H,11H2,1-2H3,(H,21,22). The molecule has 6 heteroatoms. The first-order chi connectivity index (χ1) is 11.6. The number of methoxy groups -OCH3 is 2. The number of ether oxygens (including phenoxy) is 2. The highest BCUT2D eigenvalue weighted by molar-refractivity contribution is 5.82. The minimum absolute atomic E-state index is 0.106. The summed E-state index contributed by atoms with van der Waals surface area (Å²) in [5, 5.41) is 11.5. The third kappa shape index (κ3) is 4.09. The van der Waals surface area contributed by atoms with E-state index >= 15 is 0 Å². The van der Waals surface area contributed by atoms with Gasteiger partial charge in [0, 0.05) is 19.2 Å². The van der Waals surface area contributed by atoms with Gasteiger partial charge in [-0.05, 0) is 35.9 Å². The molecule has 1 unspecified atom stereocenters. The van der Waals surface area contributed by atoms with Gasteiger partial charge in [-0.15, -0.1) is 0 Å². The third-order valence-electron chi connectivity index (χ3n) is 3.51. The average Bonchev–Trinajstić information content (AvgIpc) is 2.62. The van der Waals surface area contributed by atoms with E-state index in [9.17, 15) is 9.18 Å². The Morgan fingerprint density at radius 1 is 1.25 bits per heavy atom. The summed E-state index contributed by atoms with van der Waals surface area (Å²) in [7, 11) is 2.80. The number of nitrogens with one attached hydrogen (secondary N) is 1. The van der Waals surface area contributed by atoms with Crippen molar-refractivity contribution in [3.05, 3.63) is 65.0 Å². The molecule has 0 aliphatic heterocycles. The average molecular weight is 328 g/mol. The molecule has 2 rings (SSSR count). The molecule has 0 spiro atoms. The summed E-state index contributed by atoms with van der Waals surface area (Å²) < 4.78 is 24.2. The molecule has 24 heavy (non-hydrogen) atoms. The molecular weight excluding hydrogens is 311 g/mol. The highest BCUT2D eigenvalue weighted by Gasteiger charge is 2.23. The predicted octanol–water partition coefficient (Wildman–Crippen LogP) is 2.71. The van der Waals surface area contributed by atoms with Crippen LogP contribution in [0.4, 0.5) is 4.39 Å². The first kappa shape index (κ1) is 17.4. The molecule has 0 aromatic heterocycles. The van der Waals surface area contributed by atoms with Crippen LogP contribution in [0.25, 0.3) is 0 Å². The molecule has 0 saturated carbocycles. The Labute approximate surface area is 139 Å². The first-order valence-electron chi connectivity index (χ1n) is 7.22. The molecule has 0 saturated heterocycles. The van der Waals surface area contributed by atoms with Crippen molar-refractivity contribution in [2.24, 2.45) is 0 Å². The lowest BCUT2D eigenvalue weighted by Gasteiger charge is -2.17. The second-order valence-corrected chi connectivity index (χ2v) is 5.03. The molecule has 1 N–H and O–H groups in total. The van der Waals surface area contributed by atoms with Crippen molar-refractivity contribution in [3.63, 3.8) is 0 Å². The topological polar surface area (TPSA) is 71.3 Å². The minimum Gasteiger partial charge on any atom is -0.497 e. The molecular formula is C18H17FN2O3. The van der Waals surface area contributed by atoms with Crippen LogP contribution < -0.4 is 10.1 Å². The summed E-state index contributed by atoms with van der Waals surface area (Å²) in [6.45, 7) is 0.246. The van der Waals surface area contributed by atoms with Crippen LogP contribution in [0, 0.1) is 17.1 Å². The molecule has 2 aromatic rings. The van der Waals surface area contributed by atoms with E-state index in [0.717, 1.165) is 5.56 Å². The lowest BCUT2D eigenvalue weighted by atomic mass is 10.1. The van der Waals surface area contributed by atoms with Crippen LogP contribution in [-0.4, -0.2) is 20.1 Å². The Morgan fingerprint density at radius 2 is 1.96 bits per heavy atom. The molecule has 124 valence electrons. The second-order valence-electron chi connectivity index (χ2n) is 5.03. The maximum Gasteiger partial charge on any atom is 0.254 e.